The van der Waals surface area contributed by atoms with E-state index in [4.69, 9.17) is 60.7 Å². The third kappa shape index (κ3) is 10.0. The van der Waals surface area contributed by atoms with Gasteiger partial charge in [-0.25, -0.2) is 0 Å². The molecule has 0 saturated carbocycles. The Bertz CT molecular complexity index is 585. The van der Waals surface area contributed by atoms with Gasteiger partial charge >= 0.3 is 0 Å². The Kier molecular flexibility index (Phi) is 9.80. The minimum atomic E-state index is -0.289. The van der Waals surface area contributed by atoms with Crippen molar-refractivity contribution < 1.29 is 14.3 Å². The Balaban J connectivity index is 2.45. The average molecular weight is 429 g/mol. The van der Waals surface area contributed by atoms with Crippen LogP contribution in [0, 0.1) is 0 Å². The number of hydrogen-bond donors (Lipinski definition) is 0. The van der Waals surface area contributed by atoms with Crippen LogP contribution in [0.1, 0.15) is 33.6 Å². The zero-order valence-electron chi connectivity index (χ0n) is 14.3. The minimum Gasteiger partial charge on any atom is -0.490 e. The van der Waals surface area contributed by atoms with Crippen molar-refractivity contribution in [2.45, 2.75) is 39.2 Å². The summed E-state index contributed by atoms with van der Waals surface area (Å²) in [5.41, 5.74) is -0.289. The number of ether oxygens (including phenoxy) is 2. The molecule has 8 heteroatoms. The van der Waals surface area contributed by atoms with E-state index < -0.39 is 0 Å². The smallest absolute Gasteiger partial charge is 0.156 e. The van der Waals surface area contributed by atoms with Crippen molar-refractivity contribution in [2.75, 3.05) is 13.2 Å². The van der Waals surface area contributed by atoms with Crippen LogP contribution in [0.3, 0.4) is 0 Å². The summed E-state index contributed by atoms with van der Waals surface area (Å²) >= 11 is 23.4. The molecule has 0 spiro atoms. The SMILES string of the molecule is CC(C)(C)O/N=C/CCCOc1c(Cl)cc(OCC=C(Cl)Cl)cc1Cl. The van der Waals surface area contributed by atoms with E-state index in [1.165, 1.54) is 6.08 Å². The molecule has 0 unspecified atom stereocenters. The minimum absolute atomic E-state index is 0.133. The molecule has 1 rings (SSSR count). The molecule has 0 N–H and O–H groups in total. The molecular weight excluding hydrogens is 408 g/mol. The standard InChI is InChI=1S/C17H21Cl4NO3/c1-17(2,3)25-22-7-4-5-8-24-16-13(18)10-12(11-14(16)19)23-9-6-15(20)21/h6-7,10-11H,4-5,8-9H2,1-3H3/b22-7+. The van der Waals surface area contributed by atoms with Crippen molar-refractivity contribution in [3.63, 3.8) is 0 Å². The highest BCUT2D eigenvalue weighted by molar-refractivity contribution is 6.55. The predicted octanol–water partition coefficient (Wildman–Crippen LogP) is 6.65. The van der Waals surface area contributed by atoms with Crippen LogP contribution in [0.25, 0.3) is 0 Å². The first kappa shape index (κ1) is 22.2. The van der Waals surface area contributed by atoms with Gasteiger partial charge in [0.25, 0.3) is 0 Å². The molecule has 1 aromatic rings. The van der Waals surface area contributed by atoms with E-state index in [0.29, 0.717) is 28.2 Å². The van der Waals surface area contributed by atoms with Gasteiger partial charge in [0, 0.05) is 18.3 Å². The fourth-order valence-corrected chi connectivity index (χ4v) is 2.26. The summed E-state index contributed by atoms with van der Waals surface area (Å²) in [6.45, 7) is 6.47. The number of halogens is 4. The average Bonchev–Trinajstić information content (AvgIpc) is 2.47. The van der Waals surface area contributed by atoms with Gasteiger partial charge < -0.3 is 14.3 Å². The van der Waals surface area contributed by atoms with Gasteiger partial charge in [-0.2, -0.15) is 0 Å². The van der Waals surface area contributed by atoms with Gasteiger partial charge in [-0.3, -0.25) is 0 Å². The molecule has 0 atom stereocenters. The summed E-state index contributed by atoms with van der Waals surface area (Å²) in [7, 11) is 0. The van der Waals surface area contributed by atoms with Crippen LogP contribution in [-0.4, -0.2) is 25.0 Å². The molecule has 25 heavy (non-hydrogen) atoms. The van der Waals surface area contributed by atoms with E-state index in [1.54, 1.807) is 18.3 Å². The van der Waals surface area contributed by atoms with E-state index in [9.17, 15) is 0 Å². The Morgan fingerprint density at radius 3 is 2.32 bits per heavy atom. The topological polar surface area (TPSA) is 40.0 Å². The summed E-state index contributed by atoms with van der Waals surface area (Å²) in [5, 5.41) is 4.64. The van der Waals surface area contributed by atoms with Gasteiger partial charge in [-0.05, 0) is 39.7 Å². The Labute approximate surface area is 168 Å². The van der Waals surface area contributed by atoms with Crippen LogP contribution >= 0.6 is 46.4 Å². The second-order valence-electron chi connectivity index (χ2n) is 6.00. The fourth-order valence-electron chi connectivity index (χ4n) is 1.56. The van der Waals surface area contributed by atoms with Crippen molar-refractivity contribution in [1.82, 2.24) is 0 Å². The molecule has 0 aliphatic rings. The van der Waals surface area contributed by atoms with E-state index >= 15 is 0 Å². The highest BCUT2D eigenvalue weighted by atomic mass is 35.5. The molecule has 0 amide bonds. The Hall–Kier alpha value is -0.810. The molecule has 0 fully saturated rings. The van der Waals surface area contributed by atoms with E-state index in [1.807, 2.05) is 20.8 Å². The summed E-state index contributed by atoms with van der Waals surface area (Å²) in [6.07, 6.45) is 4.70. The van der Waals surface area contributed by atoms with Gasteiger partial charge in [-0.15, -0.1) is 0 Å². The Morgan fingerprint density at radius 2 is 1.76 bits per heavy atom. The molecule has 0 saturated heterocycles. The van der Waals surface area contributed by atoms with E-state index in [-0.39, 0.29) is 16.7 Å². The van der Waals surface area contributed by atoms with Crippen molar-refractivity contribution in [3.8, 4) is 11.5 Å². The van der Waals surface area contributed by atoms with Gasteiger partial charge in [-0.1, -0.05) is 51.6 Å². The monoisotopic (exact) mass is 427 g/mol. The quantitative estimate of drug-likeness (QED) is 0.251. The van der Waals surface area contributed by atoms with Crippen molar-refractivity contribution >= 4 is 52.6 Å². The molecule has 0 radical (unpaired) electrons. The zero-order valence-corrected chi connectivity index (χ0v) is 17.3. The maximum atomic E-state index is 6.19. The van der Waals surface area contributed by atoms with Gasteiger partial charge in [0.2, 0.25) is 0 Å². The molecule has 0 aliphatic heterocycles. The third-order valence-electron chi connectivity index (χ3n) is 2.58. The normalized spacial score (nSPS) is 11.5. The lowest BCUT2D eigenvalue weighted by atomic mass is 10.2. The lowest BCUT2D eigenvalue weighted by Gasteiger charge is -2.14. The zero-order chi connectivity index (χ0) is 18.9. The van der Waals surface area contributed by atoms with E-state index in [0.717, 1.165) is 12.8 Å². The maximum absolute atomic E-state index is 6.19. The number of nitrogens with zero attached hydrogens (tertiary/aromatic N) is 1. The van der Waals surface area contributed by atoms with Crippen molar-refractivity contribution in [2.24, 2.45) is 5.16 Å². The number of benzene rings is 1. The summed E-state index contributed by atoms with van der Waals surface area (Å²) < 4.78 is 11.2. The molecule has 1 aromatic carbocycles. The molecule has 0 aromatic heterocycles. The first-order chi connectivity index (χ1) is 11.7. The second kappa shape index (κ2) is 11.0. The molecule has 4 nitrogen and oxygen atoms in total. The van der Waals surface area contributed by atoms with Crippen molar-refractivity contribution in [1.29, 1.82) is 0 Å². The number of unbranched alkanes of at least 4 members (excludes halogenated alkanes) is 1. The third-order valence-corrected chi connectivity index (χ3v) is 3.45. The highest BCUT2D eigenvalue weighted by Gasteiger charge is 2.11. The largest absolute Gasteiger partial charge is 0.490 e. The van der Waals surface area contributed by atoms with Gasteiger partial charge in [0.1, 0.15) is 22.4 Å². The molecule has 0 heterocycles. The van der Waals surface area contributed by atoms with E-state index in [2.05, 4.69) is 5.16 Å². The first-order valence-electron chi connectivity index (χ1n) is 7.65. The van der Waals surface area contributed by atoms with Gasteiger partial charge in [0.05, 0.1) is 16.7 Å². The second-order valence-corrected chi connectivity index (χ2v) is 7.83. The lowest BCUT2D eigenvalue weighted by Crippen LogP contribution is -2.15. The first-order valence-corrected chi connectivity index (χ1v) is 9.16. The Morgan fingerprint density at radius 1 is 1.12 bits per heavy atom. The predicted molar refractivity (Wildman–Crippen MR) is 106 cm³/mol. The molecular formula is C17H21Cl4NO3. The maximum Gasteiger partial charge on any atom is 0.156 e. The number of oxime groups is 1. The molecule has 140 valence electrons. The van der Waals surface area contributed by atoms with Crippen LogP contribution < -0.4 is 9.47 Å². The fraction of sp³-hybridized carbons (Fsp3) is 0.471. The lowest BCUT2D eigenvalue weighted by molar-refractivity contribution is 0.00155. The summed E-state index contributed by atoms with van der Waals surface area (Å²) in [4.78, 5) is 5.24. The summed E-state index contributed by atoms with van der Waals surface area (Å²) in [6, 6.07) is 3.24. The van der Waals surface area contributed by atoms with Crippen molar-refractivity contribution in [3.05, 3.63) is 32.7 Å². The van der Waals surface area contributed by atoms with Crippen LogP contribution in [0.4, 0.5) is 0 Å². The van der Waals surface area contributed by atoms with Crippen LogP contribution in [0.2, 0.25) is 10.0 Å². The number of hydrogen-bond acceptors (Lipinski definition) is 4. The molecule has 0 bridgehead atoms. The highest BCUT2D eigenvalue weighted by Crippen LogP contribution is 2.37. The van der Waals surface area contributed by atoms with Crippen LogP contribution in [-0.2, 0) is 4.84 Å². The molecule has 0 aliphatic carbocycles. The van der Waals surface area contributed by atoms with Gasteiger partial charge in [0.15, 0.2) is 5.75 Å². The van der Waals surface area contributed by atoms with Crippen LogP contribution in [0.15, 0.2) is 27.9 Å². The summed E-state index contributed by atoms with van der Waals surface area (Å²) in [5.74, 6) is 0.920. The number of rotatable bonds is 9. The van der Waals surface area contributed by atoms with Crippen LogP contribution in [0.5, 0.6) is 11.5 Å².